The van der Waals surface area contributed by atoms with E-state index >= 15 is 0 Å². The fraction of sp³-hybridized carbons (Fsp3) is 0.125. The zero-order valence-corrected chi connectivity index (χ0v) is 15.4. The van der Waals surface area contributed by atoms with Crippen LogP contribution in [0.4, 0.5) is 30.5 Å². The SMILES string of the molecule is N#CNC1=NC(c2cc(Br)ccc2C(F)(F)F)c2c(nc(N)c(C#N)c2N)N1. The zero-order valence-electron chi connectivity index (χ0n) is 13.8. The van der Waals surface area contributed by atoms with Gasteiger partial charge in [0.05, 0.1) is 11.3 Å². The number of rotatable bonds is 1. The van der Waals surface area contributed by atoms with Crippen molar-refractivity contribution in [1.82, 2.24) is 10.3 Å². The Labute approximate surface area is 164 Å². The van der Waals surface area contributed by atoms with Gasteiger partial charge in [0.15, 0.2) is 6.19 Å². The van der Waals surface area contributed by atoms with E-state index in [1.807, 2.05) is 0 Å². The van der Waals surface area contributed by atoms with Crippen molar-refractivity contribution in [3.05, 3.63) is 44.9 Å². The predicted molar refractivity (Wildman–Crippen MR) is 98.6 cm³/mol. The van der Waals surface area contributed by atoms with Crippen LogP contribution in [-0.2, 0) is 6.18 Å². The summed E-state index contributed by atoms with van der Waals surface area (Å²) in [6, 6.07) is 3.90. The molecule has 1 unspecified atom stereocenters. The highest BCUT2D eigenvalue weighted by Gasteiger charge is 2.38. The molecule has 6 N–H and O–H groups in total. The molecule has 1 atom stereocenters. The van der Waals surface area contributed by atoms with Gasteiger partial charge in [-0.25, -0.2) is 9.98 Å². The lowest BCUT2D eigenvalue weighted by molar-refractivity contribution is -0.138. The van der Waals surface area contributed by atoms with Gasteiger partial charge in [-0.1, -0.05) is 15.9 Å². The van der Waals surface area contributed by atoms with E-state index in [1.165, 1.54) is 12.1 Å². The number of aliphatic imine (C=N–C) groups is 1. The summed E-state index contributed by atoms with van der Waals surface area (Å²) in [5, 5.41) is 23.0. The van der Waals surface area contributed by atoms with Crippen LogP contribution in [0.1, 0.15) is 28.3 Å². The van der Waals surface area contributed by atoms with Gasteiger partial charge in [0, 0.05) is 10.0 Å². The molecule has 0 spiro atoms. The van der Waals surface area contributed by atoms with Crippen molar-refractivity contribution in [2.24, 2.45) is 4.99 Å². The van der Waals surface area contributed by atoms with Crippen LogP contribution in [0.15, 0.2) is 27.7 Å². The molecule has 28 heavy (non-hydrogen) atoms. The lowest BCUT2D eigenvalue weighted by atomic mass is 9.91. The normalized spacial score (nSPS) is 15.5. The summed E-state index contributed by atoms with van der Waals surface area (Å²) >= 11 is 3.16. The number of benzene rings is 1. The molecule has 0 amide bonds. The van der Waals surface area contributed by atoms with Gasteiger partial charge in [0.1, 0.15) is 29.3 Å². The number of alkyl halides is 3. The Kier molecular flexibility index (Phi) is 4.75. The minimum Gasteiger partial charge on any atom is -0.397 e. The maximum Gasteiger partial charge on any atom is 0.416 e. The first-order chi connectivity index (χ1) is 13.2. The molecule has 0 saturated heterocycles. The molecule has 0 saturated carbocycles. The van der Waals surface area contributed by atoms with Crippen molar-refractivity contribution in [3.63, 3.8) is 0 Å². The van der Waals surface area contributed by atoms with Crippen LogP contribution < -0.4 is 22.1 Å². The molecule has 0 aliphatic carbocycles. The molecule has 2 aromatic rings. The Morgan fingerprint density at radius 3 is 2.57 bits per heavy atom. The Hall–Kier alpha value is -3.51. The average molecular weight is 451 g/mol. The van der Waals surface area contributed by atoms with Crippen LogP contribution in [0, 0.1) is 22.8 Å². The summed E-state index contributed by atoms with van der Waals surface area (Å²) in [4.78, 5) is 8.15. The second kappa shape index (κ2) is 6.90. The van der Waals surface area contributed by atoms with Crippen LogP contribution in [-0.4, -0.2) is 10.9 Å². The third-order valence-corrected chi connectivity index (χ3v) is 4.46. The molecule has 0 radical (unpaired) electrons. The highest BCUT2D eigenvalue weighted by molar-refractivity contribution is 9.10. The standard InChI is InChI=1S/C16H10BrF3N8/c17-6-1-2-9(16(18,19)20)7(3-6)12-10-11(23)8(4-21)13(24)27-14(10)28-15(26-12)25-5-22/h1-3,12H,(H6,23,24,25,26,27,28). The summed E-state index contributed by atoms with van der Waals surface area (Å²) in [6.45, 7) is 0. The molecule has 0 fully saturated rings. The third kappa shape index (κ3) is 3.25. The fourth-order valence-corrected chi connectivity index (χ4v) is 3.20. The number of anilines is 3. The largest absolute Gasteiger partial charge is 0.416 e. The number of hydrogen-bond donors (Lipinski definition) is 4. The number of aromatic nitrogens is 1. The molecular formula is C16H10BrF3N8. The number of fused-ring (bicyclic) bond motifs is 1. The van der Waals surface area contributed by atoms with Crippen molar-refractivity contribution in [2.45, 2.75) is 12.2 Å². The smallest absolute Gasteiger partial charge is 0.397 e. The molecule has 142 valence electrons. The maximum absolute atomic E-state index is 13.6. The molecular weight excluding hydrogens is 441 g/mol. The second-order valence-electron chi connectivity index (χ2n) is 5.63. The first kappa shape index (κ1) is 19.3. The Bertz CT molecular complexity index is 1080. The molecule has 1 aromatic heterocycles. The summed E-state index contributed by atoms with van der Waals surface area (Å²) < 4.78 is 41.2. The van der Waals surface area contributed by atoms with E-state index in [9.17, 15) is 18.4 Å². The van der Waals surface area contributed by atoms with Crippen LogP contribution in [0.3, 0.4) is 0 Å². The van der Waals surface area contributed by atoms with Crippen LogP contribution in [0.25, 0.3) is 0 Å². The lowest BCUT2D eigenvalue weighted by Gasteiger charge is -2.28. The number of nitrogens with two attached hydrogens (primary N) is 2. The van der Waals surface area contributed by atoms with E-state index in [0.29, 0.717) is 4.47 Å². The van der Waals surface area contributed by atoms with E-state index in [-0.39, 0.29) is 40.0 Å². The first-order valence-corrected chi connectivity index (χ1v) is 8.32. The van der Waals surface area contributed by atoms with Crippen LogP contribution >= 0.6 is 15.9 Å². The molecule has 8 nitrogen and oxygen atoms in total. The average Bonchev–Trinajstić information content (AvgIpc) is 2.60. The number of halogens is 4. The number of hydrogen-bond acceptors (Lipinski definition) is 8. The Balaban J connectivity index is 2.35. The summed E-state index contributed by atoms with van der Waals surface area (Å²) in [5.74, 6) is -0.336. The highest BCUT2D eigenvalue weighted by atomic mass is 79.9. The fourth-order valence-electron chi connectivity index (χ4n) is 2.82. The Morgan fingerprint density at radius 2 is 1.96 bits per heavy atom. The summed E-state index contributed by atoms with van der Waals surface area (Å²) in [7, 11) is 0. The molecule has 3 rings (SSSR count). The minimum absolute atomic E-state index is 0.000139. The number of nitrogen functional groups attached to an aromatic ring is 2. The number of pyridine rings is 1. The summed E-state index contributed by atoms with van der Waals surface area (Å²) in [5.41, 5.74) is 10.3. The number of nitriles is 2. The van der Waals surface area contributed by atoms with E-state index in [2.05, 4.69) is 36.5 Å². The summed E-state index contributed by atoms with van der Waals surface area (Å²) in [6.07, 6.45) is -3.04. The number of guanidine groups is 1. The Morgan fingerprint density at radius 1 is 1.25 bits per heavy atom. The van der Waals surface area contributed by atoms with E-state index in [4.69, 9.17) is 16.7 Å². The van der Waals surface area contributed by atoms with E-state index in [1.54, 1.807) is 12.3 Å². The van der Waals surface area contributed by atoms with Crippen molar-refractivity contribution in [3.8, 4) is 12.3 Å². The van der Waals surface area contributed by atoms with Crippen molar-refractivity contribution in [2.75, 3.05) is 16.8 Å². The van der Waals surface area contributed by atoms with Gasteiger partial charge >= 0.3 is 6.18 Å². The number of nitrogens with zero attached hydrogens (tertiary/aromatic N) is 4. The molecule has 2 heterocycles. The van der Waals surface area contributed by atoms with Gasteiger partial charge in [-0.05, 0) is 23.8 Å². The lowest BCUT2D eigenvalue weighted by Crippen LogP contribution is -2.33. The molecule has 1 aliphatic heterocycles. The maximum atomic E-state index is 13.6. The van der Waals surface area contributed by atoms with Gasteiger partial charge in [-0.3, -0.25) is 5.32 Å². The minimum atomic E-state index is -4.67. The monoisotopic (exact) mass is 450 g/mol. The predicted octanol–water partition coefficient (Wildman–Crippen LogP) is 2.84. The van der Waals surface area contributed by atoms with Gasteiger partial charge in [0.25, 0.3) is 0 Å². The topological polar surface area (TPSA) is 149 Å². The van der Waals surface area contributed by atoms with Crippen molar-refractivity contribution in [1.29, 1.82) is 10.5 Å². The van der Waals surface area contributed by atoms with Gasteiger partial charge in [-0.2, -0.15) is 23.7 Å². The van der Waals surface area contributed by atoms with Crippen LogP contribution in [0.5, 0.6) is 0 Å². The second-order valence-corrected chi connectivity index (χ2v) is 6.55. The molecule has 0 bridgehead atoms. The quantitative estimate of drug-likeness (QED) is 0.385. The molecule has 1 aliphatic rings. The first-order valence-electron chi connectivity index (χ1n) is 7.52. The third-order valence-electron chi connectivity index (χ3n) is 3.97. The molecule has 1 aromatic carbocycles. The van der Waals surface area contributed by atoms with Gasteiger partial charge in [0.2, 0.25) is 5.96 Å². The van der Waals surface area contributed by atoms with Crippen LogP contribution in [0.2, 0.25) is 0 Å². The van der Waals surface area contributed by atoms with E-state index in [0.717, 1.165) is 6.07 Å². The highest BCUT2D eigenvalue weighted by Crippen LogP contribution is 2.45. The number of nitrogens with one attached hydrogen (secondary N) is 2. The van der Waals surface area contributed by atoms with Gasteiger partial charge < -0.3 is 16.8 Å². The van der Waals surface area contributed by atoms with Crippen molar-refractivity contribution >= 4 is 39.2 Å². The van der Waals surface area contributed by atoms with Gasteiger partial charge in [-0.15, -0.1) is 0 Å². The van der Waals surface area contributed by atoms with E-state index < -0.39 is 17.8 Å². The zero-order chi connectivity index (χ0) is 20.6. The molecule has 12 heteroatoms. The van der Waals surface area contributed by atoms with Crippen molar-refractivity contribution < 1.29 is 13.2 Å².